The number of benzene rings is 1. The van der Waals surface area contributed by atoms with Crippen LogP contribution in [-0.2, 0) is 6.54 Å². The second-order valence-corrected chi connectivity index (χ2v) is 6.69. The summed E-state index contributed by atoms with van der Waals surface area (Å²) in [4.78, 5) is 20.8. The average molecular weight is 350 g/mol. The van der Waals surface area contributed by atoms with Gasteiger partial charge in [-0.2, -0.15) is 5.26 Å². The molecule has 1 saturated heterocycles. The summed E-state index contributed by atoms with van der Waals surface area (Å²) in [5.74, 6) is 0.721. The molecule has 1 unspecified atom stereocenters. The summed E-state index contributed by atoms with van der Waals surface area (Å²) in [6.45, 7) is 1.94. The molecular formula is C20H22N4O2. The van der Waals surface area contributed by atoms with Crippen molar-refractivity contribution in [3.63, 3.8) is 0 Å². The first-order chi connectivity index (χ1) is 12.5. The van der Waals surface area contributed by atoms with Crippen LogP contribution in [0.3, 0.4) is 0 Å². The highest BCUT2D eigenvalue weighted by molar-refractivity contribution is 5.94. The number of pyridine rings is 1. The molecule has 0 aliphatic carbocycles. The van der Waals surface area contributed by atoms with Crippen LogP contribution in [0.1, 0.15) is 28.0 Å². The Hall–Kier alpha value is -2.91. The van der Waals surface area contributed by atoms with E-state index in [4.69, 9.17) is 10.00 Å². The summed E-state index contributed by atoms with van der Waals surface area (Å²) in [5.41, 5.74) is 1.99. The smallest absolute Gasteiger partial charge is 0.254 e. The lowest BCUT2D eigenvalue weighted by Crippen LogP contribution is -2.31. The van der Waals surface area contributed by atoms with Gasteiger partial charge in [-0.3, -0.25) is 9.78 Å². The molecule has 0 bridgehead atoms. The van der Waals surface area contributed by atoms with E-state index in [1.165, 1.54) is 0 Å². The average Bonchev–Trinajstić information content (AvgIpc) is 3.09. The van der Waals surface area contributed by atoms with Crippen LogP contribution in [-0.4, -0.2) is 54.0 Å². The van der Waals surface area contributed by atoms with Crippen LogP contribution in [0.25, 0.3) is 0 Å². The zero-order valence-corrected chi connectivity index (χ0v) is 15.1. The quantitative estimate of drug-likeness (QED) is 0.828. The Bertz CT molecular complexity index is 829. The molecule has 3 rings (SSSR count). The van der Waals surface area contributed by atoms with Crippen LogP contribution in [0.2, 0.25) is 0 Å². The molecule has 1 aliphatic rings. The minimum atomic E-state index is -0.0591. The SMILES string of the molecule is CN(C)Cc1cc(OC2CCN(C(=O)c3cccc(C#N)c3)C2)ccn1. The number of hydrogen-bond acceptors (Lipinski definition) is 5. The predicted octanol–water partition coefficient (Wildman–Crippen LogP) is 2.31. The van der Waals surface area contributed by atoms with Gasteiger partial charge in [-0.05, 0) is 38.4 Å². The van der Waals surface area contributed by atoms with Crippen molar-refractivity contribution in [1.29, 1.82) is 5.26 Å². The van der Waals surface area contributed by atoms with Crippen molar-refractivity contribution in [3.05, 3.63) is 59.4 Å². The summed E-state index contributed by atoms with van der Waals surface area (Å²) in [7, 11) is 3.99. The summed E-state index contributed by atoms with van der Waals surface area (Å²) in [6, 6.07) is 12.7. The van der Waals surface area contributed by atoms with Gasteiger partial charge in [0, 0.05) is 37.3 Å². The molecule has 6 nitrogen and oxygen atoms in total. The highest BCUT2D eigenvalue weighted by Gasteiger charge is 2.28. The van der Waals surface area contributed by atoms with Crippen LogP contribution in [0, 0.1) is 11.3 Å². The van der Waals surface area contributed by atoms with Gasteiger partial charge in [-0.25, -0.2) is 0 Å². The predicted molar refractivity (Wildman–Crippen MR) is 97.7 cm³/mol. The Balaban J connectivity index is 1.62. The molecule has 0 saturated carbocycles. The second-order valence-electron chi connectivity index (χ2n) is 6.69. The number of amides is 1. The number of aromatic nitrogens is 1. The summed E-state index contributed by atoms with van der Waals surface area (Å²) >= 11 is 0. The zero-order chi connectivity index (χ0) is 18.5. The van der Waals surface area contributed by atoms with Crippen molar-refractivity contribution < 1.29 is 9.53 Å². The third-order valence-corrected chi connectivity index (χ3v) is 4.24. The molecule has 134 valence electrons. The molecule has 26 heavy (non-hydrogen) atoms. The van der Waals surface area contributed by atoms with Gasteiger partial charge < -0.3 is 14.5 Å². The van der Waals surface area contributed by atoms with Gasteiger partial charge in [0.15, 0.2) is 0 Å². The molecule has 1 amide bonds. The maximum Gasteiger partial charge on any atom is 0.254 e. The Kier molecular flexibility index (Phi) is 5.49. The van der Waals surface area contributed by atoms with E-state index in [2.05, 4.69) is 16.0 Å². The molecule has 0 N–H and O–H groups in total. The van der Waals surface area contributed by atoms with Gasteiger partial charge in [0.1, 0.15) is 11.9 Å². The van der Waals surface area contributed by atoms with E-state index in [0.29, 0.717) is 24.2 Å². The number of carbonyl (C=O) groups excluding carboxylic acids is 1. The van der Waals surface area contributed by atoms with Gasteiger partial charge in [-0.15, -0.1) is 0 Å². The van der Waals surface area contributed by atoms with Crippen molar-refractivity contribution >= 4 is 5.91 Å². The minimum absolute atomic E-state index is 0.0345. The van der Waals surface area contributed by atoms with Crippen molar-refractivity contribution in [2.75, 3.05) is 27.2 Å². The fraction of sp³-hybridized carbons (Fsp3) is 0.350. The second kappa shape index (κ2) is 7.98. The fourth-order valence-electron chi connectivity index (χ4n) is 3.05. The molecule has 1 aromatic carbocycles. The molecule has 6 heteroatoms. The number of hydrogen-bond donors (Lipinski definition) is 0. The van der Waals surface area contributed by atoms with Crippen molar-refractivity contribution in [1.82, 2.24) is 14.8 Å². The van der Waals surface area contributed by atoms with E-state index >= 15 is 0 Å². The lowest BCUT2D eigenvalue weighted by Gasteiger charge is -2.18. The maximum atomic E-state index is 12.6. The number of nitrogens with zero attached hydrogens (tertiary/aromatic N) is 4. The van der Waals surface area contributed by atoms with E-state index < -0.39 is 0 Å². The summed E-state index contributed by atoms with van der Waals surface area (Å²) < 4.78 is 6.05. The molecule has 1 fully saturated rings. The molecule has 1 aromatic heterocycles. The highest BCUT2D eigenvalue weighted by atomic mass is 16.5. The molecular weight excluding hydrogens is 328 g/mol. The van der Waals surface area contributed by atoms with Gasteiger partial charge in [0.05, 0.1) is 23.9 Å². The molecule has 0 radical (unpaired) electrons. The number of ether oxygens (including phenoxy) is 1. The lowest BCUT2D eigenvalue weighted by molar-refractivity contribution is 0.0772. The van der Waals surface area contributed by atoms with Gasteiger partial charge in [0.2, 0.25) is 0 Å². The molecule has 1 atom stereocenters. The number of likely N-dealkylation sites (tertiary alicyclic amines) is 1. The van der Waals surface area contributed by atoms with Crippen molar-refractivity contribution in [2.24, 2.45) is 0 Å². The van der Waals surface area contributed by atoms with Crippen molar-refractivity contribution in [3.8, 4) is 11.8 Å². The lowest BCUT2D eigenvalue weighted by atomic mass is 10.1. The van der Waals surface area contributed by atoms with Crippen LogP contribution in [0.15, 0.2) is 42.6 Å². The number of rotatable bonds is 5. The first-order valence-corrected chi connectivity index (χ1v) is 8.61. The van der Waals surface area contributed by atoms with Gasteiger partial charge in [0.25, 0.3) is 5.91 Å². The van der Waals surface area contributed by atoms with E-state index in [9.17, 15) is 4.79 Å². The summed E-state index contributed by atoms with van der Waals surface area (Å²) in [5, 5.41) is 8.99. The largest absolute Gasteiger partial charge is 0.488 e. The number of carbonyl (C=O) groups is 1. The van der Waals surface area contributed by atoms with Gasteiger partial charge in [-0.1, -0.05) is 6.07 Å². The van der Waals surface area contributed by atoms with Crippen LogP contribution in [0.4, 0.5) is 0 Å². The van der Waals surface area contributed by atoms with Crippen LogP contribution >= 0.6 is 0 Å². The van der Waals surface area contributed by atoms with E-state index in [1.807, 2.05) is 26.2 Å². The highest BCUT2D eigenvalue weighted by Crippen LogP contribution is 2.21. The fourth-order valence-corrected chi connectivity index (χ4v) is 3.05. The van der Waals surface area contributed by atoms with Crippen LogP contribution < -0.4 is 4.74 Å². The Labute approximate surface area is 153 Å². The Morgan fingerprint density at radius 2 is 2.23 bits per heavy atom. The zero-order valence-electron chi connectivity index (χ0n) is 15.1. The van der Waals surface area contributed by atoms with E-state index in [1.54, 1.807) is 35.4 Å². The Morgan fingerprint density at radius 3 is 3.00 bits per heavy atom. The molecule has 1 aliphatic heterocycles. The Morgan fingerprint density at radius 1 is 1.38 bits per heavy atom. The topological polar surface area (TPSA) is 69.5 Å². The molecule has 0 spiro atoms. The van der Waals surface area contributed by atoms with E-state index in [-0.39, 0.29) is 12.0 Å². The van der Waals surface area contributed by atoms with Gasteiger partial charge >= 0.3 is 0 Å². The molecule has 2 heterocycles. The minimum Gasteiger partial charge on any atom is -0.488 e. The van der Waals surface area contributed by atoms with E-state index in [0.717, 1.165) is 24.4 Å². The normalized spacial score (nSPS) is 16.5. The molecule has 2 aromatic rings. The maximum absolute atomic E-state index is 12.6. The van der Waals surface area contributed by atoms with Crippen LogP contribution in [0.5, 0.6) is 5.75 Å². The number of nitriles is 1. The summed E-state index contributed by atoms with van der Waals surface area (Å²) in [6.07, 6.45) is 2.50. The monoisotopic (exact) mass is 350 g/mol. The third-order valence-electron chi connectivity index (χ3n) is 4.24. The third kappa shape index (κ3) is 4.38. The van der Waals surface area contributed by atoms with Crippen molar-refractivity contribution in [2.45, 2.75) is 19.1 Å². The standard InChI is InChI=1S/C20H22N4O2/c1-23(2)13-17-11-18(6-8-22-17)26-19-7-9-24(14-19)20(25)16-5-3-4-15(10-16)12-21/h3-6,8,10-11,19H,7,9,13-14H2,1-2H3. The first-order valence-electron chi connectivity index (χ1n) is 8.61. The first kappa shape index (κ1) is 17.9.